The number of rotatable bonds is 1. The third-order valence-corrected chi connectivity index (χ3v) is 2.86. The zero-order valence-electron chi connectivity index (χ0n) is 7.66. The highest BCUT2D eigenvalue weighted by molar-refractivity contribution is 9.10. The van der Waals surface area contributed by atoms with Crippen molar-refractivity contribution in [2.75, 3.05) is 6.79 Å². The fourth-order valence-electron chi connectivity index (χ4n) is 1.53. The van der Waals surface area contributed by atoms with Crippen molar-refractivity contribution in [1.29, 1.82) is 0 Å². The van der Waals surface area contributed by atoms with Gasteiger partial charge in [-0.15, -0.1) is 0 Å². The predicted octanol–water partition coefficient (Wildman–Crippen LogP) is 2.57. The SMILES string of the molecule is Brc1cn[nH]c1-c1ccc2c(c1)OCO2. The van der Waals surface area contributed by atoms with Crippen molar-refractivity contribution >= 4 is 15.9 Å². The number of aromatic nitrogens is 2. The van der Waals surface area contributed by atoms with Crippen molar-refractivity contribution in [2.24, 2.45) is 0 Å². The van der Waals surface area contributed by atoms with Crippen LogP contribution in [0.15, 0.2) is 28.9 Å². The summed E-state index contributed by atoms with van der Waals surface area (Å²) in [5.41, 5.74) is 1.96. The van der Waals surface area contributed by atoms with E-state index in [1.807, 2.05) is 18.2 Å². The molecule has 0 bridgehead atoms. The predicted molar refractivity (Wildman–Crippen MR) is 57.8 cm³/mol. The second kappa shape index (κ2) is 3.27. The fourth-order valence-corrected chi connectivity index (χ4v) is 1.95. The zero-order chi connectivity index (χ0) is 10.3. The molecule has 0 amide bonds. The Bertz CT molecular complexity index is 510. The van der Waals surface area contributed by atoms with Crippen LogP contribution in [0, 0.1) is 0 Å². The molecule has 2 heterocycles. The Morgan fingerprint density at radius 2 is 2.13 bits per heavy atom. The molecule has 1 aromatic heterocycles. The first-order chi connectivity index (χ1) is 7.34. The maximum absolute atomic E-state index is 5.31. The summed E-state index contributed by atoms with van der Waals surface area (Å²) in [5.74, 6) is 1.56. The van der Waals surface area contributed by atoms with Gasteiger partial charge < -0.3 is 9.47 Å². The van der Waals surface area contributed by atoms with E-state index in [2.05, 4.69) is 26.1 Å². The third-order valence-electron chi connectivity index (χ3n) is 2.25. The van der Waals surface area contributed by atoms with Crippen LogP contribution in [0.1, 0.15) is 0 Å². The summed E-state index contributed by atoms with van der Waals surface area (Å²) < 4.78 is 11.5. The van der Waals surface area contributed by atoms with Gasteiger partial charge in [0.1, 0.15) is 0 Å². The van der Waals surface area contributed by atoms with Crippen LogP contribution >= 0.6 is 15.9 Å². The summed E-state index contributed by atoms with van der Waals surface area (Å²) in [6, 6.07) is 5.79. The Labute approximate surface area is 94.3 Å². The number of hydrogen-bond donors (Lipinski definition) is 1. The molecule has 0 saturated carbocycles. The largest absolute Gasteiger partial charge is 0.454 e. The molecule has 1 aliphatic rings. The van der Waals surface area contributed by atoms with E-state index >= 15 is 0 Å². The summed E-state index contributed by atoms with van der Waals surface area (Å²) in [6.45, 7) is 0.295. The second-order valence-corrected chi connectivity index (χ2v) is 4.02. The number of nitrogens with one attached hydrogen (secondary N) is 1. The lowest BCUT2D eigenvalue weighted by atomic mass is 10.1. The molecule has 2 aromatic rings. The van der Waals surface area contributed by atoms with E-state index in [0.717, 1.165) is 27.2 Å². The van der Waals surface area contributed by atoms with E-state index in [-0.39, 0.29) is 0 Å². The average molecular weight is 267 g/mol. The molecule has 1 aliphatic heterocycles. The van der Waals surface area contributed by atoms with Crippen LogP contribution in [0.5, 0.6) is 11.5 Å². The number of nitrogens with zero attached hydrogens (tertiary/aromatic N) is 1. The van der Waals surface area contributed by atoms with Crippen molar-refractivity contribution in [3.8, 4) is 22.8 Å². The standard InChI is InChI=1S/C10H7BrN2O2/c11-7-4-12-13-10(7)6-1-2-8-9(3-6)15-5-14-8/h1-4H,5H2,(H,12,13). The van der Waals surface area contributed by atoms with E-state index in [9.17, 15) is 0 Å². The van der Waals surface area contributed by atoms with Gasteiger partial charge >= 0.3 is 0 Å². The lowest BCUT2D eigenvalue weighted by molar-refractivity contribution is 0.174. The molecule has 76 valence electrons. The quantitative estimate of drug-likeness (QED) is 0.863. The molecule has 5 heteroatoms. The number of benzene rings is 1. The van der Waals surface area contributed by atoms with Crippen LogP contribution in [0.2, 0.25) is 0 Å². The molecule has 3 rings (SSSR count). The minimum atomic E-state index is 0.295. The monoisotopic (exact) mass is 266 g/mol. The van der Waals surface area contributed by atoms with Crippen LogP contribution in [0.4, 0.5) is 0 Å². The summed E-state index contributed by atoms with van der Waals surface area (Å²) in [4.78, 5) is 0. The third kappa shape index (κ3) is 1.39. The Morgan fingerprint density at radius 3 is 2.93 bits per heavy atom. The van der Waals surface area contributed by atoms with Crippen molar-refractivity contribution in [3.05, 3.63) is 28.9 Å². The number of ether oxygens (including phenoxy) is 2. The first-order valence-corrected chi connectivity index (χ1v) is 5.23. The fraction of sp³-hybridized carbons (Fsp3) is 0.100. The van der Waals surface area contributed by atoms with Crippen molar-refractivity contribution in [1.82, 2.24) is 10.2 Å². The van der Waals surface area contributed by atoms with E-state index in [4.69, 9.17) is 9.47 Å². The number of fused-ring (bicyclic) bond motifs is 1. The van der Waals surface area contributed by atoms with Crippen LogP contribution in [0.3, 0.4) is 0 Å². The van der Waals surface area contributed by atoms with Gasteiger partial charge in [-0.2, -0.15) is 5.10 Å². The number of hydrogen-bond acceptors (Lipinski definition) is 3. The molecule has 1 N–H and O–H groups in total. The van der Waals surface area contributed by atoms with Gasteiger partial charge in [0.2, 0.25) is 6.79 Å². The molecular weight excluding hydrogens is 260 g/mol. The van der Waals surface area contributed by atoms with Crippen molar-refractivity contribution in [3.63, 3.8) is 0 Å². The van der Waals surface area contributed by atoms with Crippen LogP contribution < -0.4 is 9.47 Å². The molecule has 15 heavy (non-hydrogen) atoms. The first kappa shape index (κ1) is 8.79. The summed E-state index contributed by atoms with van der Waals surface area (Å²) in [7, 11) is 0. The number of halogens is 1. The topological polar surface area (TPSA) is 47.1 Å². The molecular formula is C10H7BrN2O2. The summed E-state index contributed by atoms with van der Waals surface area (Å²) in [6.07, 6.45) is 1.72. The molecule has 0 spiro atoms. The highest BCUT2D eigenvalue weighted by Gasteiger charge is 2.15. The molecule has 4 nitrogen and oxygen atoms in total. The number of H-pyrrole nitrogens is 1. The van der Waals surface area contributed by atoms with Gasteiger partial charge in [0.25, 0.3) is 0 Å². The van der Waals surface area contributed by atoms with Gasteiger partial charge in [-0.1, -0.05) is 0 Å². The lowest BCUT2D eigenvalue weighted by Crippen LogP contribution is -1.92. The maximum Gasteiger partial charge on any atom is 0.231 e. The van der Waals surface area contributed by atoms with Crippen LogP contribution in [-0.2, 0) is 0 Å². The van der Waals surface area contributed by atoms with Gasteiger partial charge in [-0.3, -0.25) is 5.10 Å². The van der Waals surface area contributed by atoms with Crippen molar-refractivity contribution in [2.45, 2.75) is 0 Å². The van der Waals surface area contributed by atoms with Gasteiger partial charge in [-0.05, 0) is 34.1 Å². The summed E-state index contributed by atoms with van der Waals surface area (Å²) in [5, 5.41) is 6.87. The molecule has 0 fully saturated rings. The van der Waals surface area contributed by atoms with Gasteiger partial charge in [0.15, 0.2) is 11.5 Å². The van der Waals surface area contributed by atoms with E-state index in [1.54, 1.807) is 6.20 Å². The van der Waals surface area contributed by atoms with Crippen molar-refractivity contribution < 1.29 is 9.47 Å². The summed E-state index contributed by atoms with van der Waals surface area (Å²) >= 11 is 3.42. The molecule has 1 aromatic carbocycles. The molecule has 0 radical (unpaired) electrons. The smallest absolute Gasteiger partial charge is 0.231 e. The highest BCUT2D eigenvalue weighted by Crippen LogP contribution is 2.36. The Hall–Kier alpha value is -1.49. The van der Waals surface area contributed by atoms with E-state index in [0.29, 0.717) is 6.79 Å². The normalized spacial score (nSPS) is 13.1. The molecule has 0 atom stereocenters. The maximum atomic E-state index is 5.31. The van der Waals surface area contributed by atoms with E-state index < -0.39 is 0 Å². The molecule has 0 unspecified atom stereocenters. The average Bonchev–Trinajstić information content (AvgIpc) is 2.84. The van der Waals surface area contributed by atoms with Crippen LogP contribution in [0.25, 0.3) is 11.3 Å². The molecule has 0 aliphatic carbocycles. The Morgan fingerprint density at radius 1 is 1.27 bits per heavy atom. The van der Waals surface area contributed by atoms with Gasteiger partial charge in [0.05, 0.1) is 16.4 Å². The van der Waals surface area contributed by atoms with Crippen LogP contribution in [-0.4, -0.2) is 17.0 Å². The minimum Gasteiger partial charge on any atom is -0.454 e. The lowest BCUT2D eigenvalue weighted by Gasteiger charge is -2.00. The molecule has 0 saturated heterocycles. The van der Waals surface area contributed by atoms with Gasteiger partial charge in [-0.25, -0.2) is 0 Å². The van der Waals surface area contributed by atoms with E-state index in [1.165, 1.54) is 0 Å². The van der Waals surface area contributed by atoms with Gasteiger partial charge in [0, 0.05) is 5.56 Å². The highest BCUT2D eigenvalue weighted by atomic mass is 79.9. The minimum absolute atomic E-state index is 0.295. The Kier molecular flexibility index (Phi) is 1.92. The second-order valence-electron chi connectivity index (χ2n) is 3.16. The Balaban J connectivity index is 2.11. The number of aromatic amines is 1. The first-order valence-electron chi connectivity index (χ1n) is 4.43. The zero-order valence-corrected chi connectivity index (χ0v) is 9.24.